The lowest BCUT2D eigenvalue weighted by Crippen LogP contribution is -2.16. The number of pyridine rings is 1. The van der Waals surface area contributed by atoms with E-state index in [2.05, 4.69) is 15.0 Å². The highest BCUT2D eigenvalue weighted by atomic mass is 32.2. The maximum absolute atomic E-state index is 12.3. The van der Waals surface area contributed by atoms with Gasteiger partial charge < -0.3 is 10.5 Å². The van der Waals surface area contributed by atoms with Crippen LogP contribution in [0.5, 0.6) is 11.6 Å². The van der Waals surface area contributed by atoms with Crippen LogP contribution in [-0.4, -0.2) is 23.4 Å². The van der Waals surface area contributed by atoms with E-state index in [9.17, 15) is 8.42 Å². The van der Waals surface area contributed by atoms with Crippen LogP contribution in [0.25, 0.3) is 11.3 Å². The molecule has 0 amide bonds. The third-order valence-electron chi connectivity index (χ3n) is 4.24. The first-order valence-electron chi connectivity index (χ1n) is 8.30. The number of hydrogen-bond acceptors (Lipinski definition) is 7. The van der Waals surface area contributed by atoms with E-state index >= 15 is 0 Å². The van der Waals surface area contributed by atoms with E-state index in [4.69, 9.17) is 15.6 Å². The smallest absolute Gasteiger partial charge is 0.263 e. The molecule has 0 spiro atoms. The van der Waals surface area contributed by atoms with E-state index in [1.165, 1.54) is 12.4 Å². The maximum Gasteiger partial charge on any atom is 0.263 e. The van der Waals surface area contributed by atoms with E-state index < -0.39 is 10.0 Å². The summed E-state index contributed by atoms with van der Waals surface area (Å²) in [6, 6.07) is 8.64. The molecule has 2 aromatic heterocycles. The number of nitrogens with two attached hydrogens (primary N) is 2. The lowest BCUT2D eigenvalue weighted by molar-refractivity contribution is 0.462. The number of benzene rings is 1. The van der Waals surface area contributed by atoms with Crippen molar-refractivity contribution in [2.45, 2.75) is 23.7 Å². The van der Waals surface area contributed by atoms with E-state index in [1.807, 2.05) is 0 Å². The topological polar surface area (TPSA) is 134 Å². The fraction of sp³-hybridized carbons (Fsp3) is 0.167. The Morgan fingerprint density at radius 3 is 2.59 bits per heavy atom. The molecule has 8 nitrogen and oxygen atoms in total. The summed E-state index contributed by atoms with van der Waals surface area (Å²) in [5.74, 6) is 0.788. The quantitative estimate of drug-likeness (QED) is 0.691. The van der Waals surface area contributed by atoms with Crippen LogP contribution < -0.4 is 15.6 Å². The Hall–Kier alpha value is -3.04. The van der Waals surface area contributed by atoms with Gasteiger partial charge in [0.2, 0.25) is 10.0 Å². The van der Waals surface area contributed by atoms with Crippen molar-refractivity contribution in [3.63, 3.8) is 0 Å². The Morgan fingerprint density at radius 2 is 1.93 bits per heavy atom. The molecule has 4 N–H and O–H groups in total. The van der Waals surface area contributed by atoms with E-state index in [0.717, 1.165) is 12.8 Å². The highest BCUT2D eigenvalue weighted by molar-refractivity contribution is 7.89. The molecule has 0 saturated heterocycles. The van der Waals surface area contributed by atoms with Crippen molar-refractivity contribution in [3.8, 4) is 22.9 Å². The van der Waals surface area contributed by atoms with Gasteiger partial charge in [0, 0.05) is 11.8 Å². The molecular formula is C18H17N5O3S. The largest absolute Gasteiger partial charge is 0.434 e. The molecule has 2 heterocycles. The Kier molecular flexibility index (Phi) is 4.25. The molecule has 0 unspecified atom stereocenters. The van der Waals surface area contributed by atoms with Crippen LogP contribution in [0.1, 0.15) is 24.3 Å². The Bertz CT molecular complexity index is 1100. The van der Waals surface area contributed by atoms with Gasteiger partial charge in [-0.15, -0.1) is 0 Å². The lowest BCUT2D eigenvalue weighted by Gasteiger charge is -2.13. The van der Waals surface area contributed by atoms with Gasteiger partial charge in [-0.25, -0.2) is 23.5 Å². The van der Waals surface area contributed by atoms with Crippen LogP contribution in [0.3, 0.4) is 0 Å². The third-order valence-corrected chi connectivity index (χ3v) is 5.26. The van der Waals surface area contributed by atoms with Crippen molar-refractivity contribution in [2.75, 3.05) is 5.73 Å². The number of ether oxygens (including phenoxy) is 1. The van der Waals surface area contributed by atoms with E-state index in [0.29, 0.717) is 22.6 Å². The SMILES string of the molecule is Nc1ncc(-c2cccc(C3CC3)c2S(N)(=O)=O)nc1Oc1cccnc1. The summed E-state index contributed by atoms with van der Waals surface area (Å²) in [6.45, 7) is 0. The maximum atomic E-state index is 12.3. The monoisotopic (exact) mass is 383 g/mol. The number of hydrogen-bond donors (Lipinski definition) is 2. The van der Waals surface area contributed by atoms with Crippen LogP contribution in [0, 0.1) is 0 Å². The van der Waals surface area contributed by atoms with Crippen molar-refractivity contribution in [1.82, 2.24) is 15.0 Å². The predicted molar refractivity (Wildman–Crippen MR) is 99.5 cm³/mol. The highest BCUT2D eigenvalue weighted by Gasteiger charge is 2.31. The summed E-state index contributed by atoms with van der Waals surface area (Å²) in [6.07, 6.45) is 6.41. The van der Waals surface area contributed by atoms with Crippen LogP contribution in [0.15, 0.2) is 53.8 Å². The van der Waals surface area contributed by atoms with Crippen molar-refractivity contribution in [3.05, 3.63) is 54.5 Å². The van der Waals surface area contributed by atoms with Crippen molar-refractivity contribution >= 4 is 15.8 Å². The summed E-state index contributed by atoms with van der Waals surface area (Å²) in [5, 5.41) is 5.51. The van der Waals surface area contributed by atoms with E-state index in [1.54, 1.807) is 36.5 Å². The number of nitrogens with zero attached hydrogens (tertiary/aromatic N) is 3. The van der Waals surface area contributed by atoms with Crippen molar-refractivity contribution < 1.29 is 13.2 Å². The van der Waals surface area contributed by atoms with Crippen LogP contribution in [-0.2, 0) is 10.0 Å². The zero-order valence-electron chi connectivity index (χ0n) is 14.2. The Balaban J connectivity index is 1.83. The minimum atomic E-state index is -3.95. The van der Waals surface area contributed by atoms with E-state index in [-0.39, 0.29) is 22.5 Å². The van der Waals surface area contributed by atoms with Gasteiger partial charge in [0.05, 0.1) is 23.0 Å². The standard InChI is InChI=1S/C18H17N5O3S/c19-17-18(26-12-3-2-8-21-9-12)23-15(10-22-17)14-5-1-4-13(11-6-7-11)16(14)27(20,24)25/h1-5,8-11H,6-7H2,(H2,19,22)(H2,20,24,25). The van der Waals surface area contributed by atoms with Crippen LogP contribution in [0.2, 0.25) is 0 Å². The van der Waals surface area contributed by atoms with Gasteiger partial charge in [-0.05, 0) is 36.5 Å². The molecule has 1 aliphatic rings. The number of sulfonamides is 1. The molecule has 3 aromatic rings. The number of primary sulfonamides is 1. The minimum absolute atomic E-state index is 0.0673. The number of anilines is 1. The van der Waals surface area contributed by atoms with Gasteiger partial charge in [0.1, 0.15) is 5.75 Å². The second-order valence-corrected chi connectivity index (χ2v) is 7.78. The zero-order chi connectivity index (χ0) is 19.0. The van der Waals surface area contributed by atoms with Gasteiger partial charge in [-0.1, -0.05) is 18.2 Å². The van der Waals surface area contributed by atoms with Crippen molar-refractivity contribution in [1.29, 1.82) is 0 Å². The number of rotatable bonds is 5. The molecule has 1 fully saturated rings. The molecule has 0 radical (unpaired) electrons. The van der Waals surface area contributed by atoms with Gasteiger partial charge >= 0.3 is 0 Å². The molecular weight excluding hydrogens is 366 g/mol. The van der Waals surface area contributed by atoms with Crippen molar-refractivity contribution in [2.24, 2.45) is 5.14 Å². The normalized spacial score (nSPS) is 14.1. The predicted octanol–water partition coefficient (Wildman–Crippen LogP) is 2.44. The first-order chi connectivity index (χ1) is 12.9. The Morgan fingerprint density at radius 1 is 1.11 bits per heavy atom. The molecule has 0 aliphatic heterocycles. The van der Waals surface area contributed by atoms with Gasteiger partial charge in [0.15, 0.2) is 5.82 Å². The average molecular weight is 383 g/mol. The van der Waals surface area contributed by atoms with Gasteiger partial charge in [-0.2, -0.15) is 0 Å². The minimum Gasteiger partial charge on any atom is -0.434 e. The average Bonchev–Trinajstić information content (AvgIpc) is 3.48. The lowest BCUT2D eigenvalue weighted by atomic mass is 10.0. The zero-order valence-corrected chi connectivity index (χ0v) is 15.1. The summed E-state index contributed by atoms with van der Waals surface area (Å²) >= 11 is 0. The van der Waals surface area contributed by atoms with Crippen LogP contribution in [0.4, 0.5) is 5.82 Å². The molecule has 0 atom stereocenters. The molecule has 138 valence electrons. The summed E-state index contributed by atoms with van der Waals surface area (Å²) in [4.78, 5) is 12.5. The van der Waals surface area contributed by atoms with Gasteiger partial charge in [-0.3, -0.25) is 4.98 Å². The first kappa shape index (κ1) is 17.4. The second kappa shape index (κ2) is 6.60. The number of aromatic nitrogens is 3. The highest BCUT2D eigenvalue weighted by Crippen LogP contribution is 2.45. The molecule has 1 saturated carbocycles. The van der Waals surface area contributed by atoms with Gasteiger partial charge in [0.25, 0.3) is 5.88 Å². The molecule has 4 rings (SSSR count). The summed E-state index contributed by atoms with van der Waals surface area (Å²) in [5.41, 5.74) is 7.27. The number of nitrogen functional groups attached to an aromatic ring is 1. The fourth-order valence-corrected chi connectivity index (χ4v) is 3.94. The summed E-state index contributed by atoms with van der Waals surface area (Å²) in [7, 11) is -3.95. The van der Waals surface area contributed by atoms with Crippen LogP contribution >= 0.6 is 0 Å². The molecule has 1 aliphatic carbocycles. The molecule has 1 aromatic carbocycles. The molecule has 27 heavy (non-hydrogen) atoms. The third kappa shape index (κ3) is 3.60. The summed E-state index contributed by atoms with van der Waals surface area (Å²) < 4.78 is 30.2. The molecule has 9 heteroatoms. The first-order valence-corrected chi connectivity index (χ1v) is 9.84. The molecule has 0 bridgehead atoms. The fourth-order valence-electron chi connectivity index (χ4n) is 2.90. The Labute approximate surface area is 156 Å². The second-order valence-electron chi connectivity index (χ2n) is 6.28.